The molecule has 1 saturated carbocycles. The van der Waals surface area contributed by atoms with E-state index in [4.69, 9.17) is 0 Å². The molecule has 0 saturated heterocycles. The molecule has 0 aromatic heterocycles. The highest BCUT2D eigenvalue weighted by atomic mass is 32.2. The summed E-state index contributed by atoms with van der Waals surface area (Å²) in [6.07, 6.45) is 3.07. The molecule has 112 valence electrons. The van der Waals surface area contributed by atoms with Crippen LogP contribution in [0.25, 0.3) is 0 Å². The third-order valence-electron chi connectivity index (χ3n) is 3.89. The molecule has 0 bridgehead atoms. The summed E-state index contributed by atoms with van der Waals surface area (Å²) >= 11 is 0. The first kappa shape index (κ1) is 15.4. The van der Waals surface area contributed by atoms with Crippen LogP contribution in [-0.2, 0) is 10.0 Å². The second kappa shape index (κ2) is 5.42. The van der Waals surface area contributed by atoms with Crippen molar-refractivity contribution in [2.45, 2.75) is 43.1 Å². The van der Waals surface area contributed by atoms with Gasteiger partial charge in [-0.1, -0.05) is 12.8 Å². The molecule has 0 atom stereocenters. The highest BCUT2D eigenvalue weighted by Gasteiger charge is 2.35. The zero-order valence-corrected chi connectivity index (χ0v) is 12.6. The van der Waals surface area contributed by atoms with Crippen LogP contribution >= 0.6 is 0 Å². The molecular formula is C14H20FNO3S. The molecule has 2 rings (SSSR count). The van der Waals surface area contributed by atoms with E-state index in [0.717, 1.165) is 23.2 Å². The molecule has 1 aromatic rings. The number of hydrogen-bond acceptors (Lipinski definition) is 3. The normalized spacial score (nSPS) is 18.6. The van der Waals surface area contributed by atoms with Crippen LogP contribution in [0.1, 0.15) is 31.2 Å². The number of aryl methyl sites for hydroxylation is 1. The average molecular weight is 301 g/mol. The predicted octanol–water partition coefficient (Wildman–Crippen LogP) is 2.06. The van der Waals surface area contributed by atoms with Crippen molar-refractivity contribution >= 4 is 10.0 Å². The molecule has 0 radical (unpaired) electrons. The Morgan fingerprint density at radius 1 is 1.35 bits per heavy atom. The van der Waals surface area contributed by atoms with Gasteiger partial charge in [0, 0.05) is 13.6 Å². The number of likely N-dealkylation sites (N-methyl/N-ethyl adjacent to an activating group) is 1. The van der Waals surface area contributed by atoms with Crippen molar-refractivity contribution in [1.82, 2.24) is 4.31 Å². The summed E-state index contributed by atoms with van der Waals surface area (Å²) < 4.78 is 39.2. The number of hydrogen-bond donors (Lipinski definition) is 1. The van der Waals surface area contributed by atoms with Crippen LogP contribution in [0.3, 0.4) is 0 Å². The van der Waals surface area contributed by atoms with E-state index in [9.17, 15) is 17.9 Å². The van der Waals surface area contributed by atoms with E-state index in [2.05, 4.69) is 0 Å². The molecule has 0 amide bonds. The van der Waals surface area contributed by atoms with Crippen molar-refractivity contribution < 1.29 is 17.9 Å². The minimum atomic E-state index is -3.70. The van der Waals surface area contributed by atoms with Gasteiger partial charge in [-0.3, -0.25) is 0 Å². The maximum absolute atomic E-state index is 13.2. The second-order valence-corrected chi connectivity index (χ2v) is 7.65. The zero-order valence-electron chi connectivity index (χ0n) is 11.8. The number of rotatable bonds is 4. The van der Waals surface area contributed by atoms with Gasteiger partial charge in [-0.15, -0.1) is 0 Å². The predicted molar refractivity (Wildman–Crippen MR) is 74.4 cm³/mol. The minimum absolute atomic E-state index is 0.0560. The molecular weight excluding hydrogens is 281 g/mol. The Labute approximate surface area is 119 Å². The number of nitrogens with zero attached hydrogens (tertiary/aromatic N) is 1. The Bertz CT molecular complexity index is 594. The van der Waals surface area contributed by atoms with E-state index in [1.54, 1.807) is 0 Å². The van der Waals surface area contributed by atoms with E-state index >= 15 is 0 Å². The monoisotopic (exact) mass is 301 g/mol. The molecule has 6 heteroatoms. The molecule has 0 spiro atoms. The van der Waals surface area contributed by atoms with Gasteiger partial charge in [0.2, 0.25) is 10.0 Å². The Morgan fingerprint density at radius 3 is 2.50 bits per heavy atom. The average Bonchev–Trinajstić information content (AvgIpc) is 2.79. The molecule has 1 aliphatic rings. The third-order valence-corrected chi connectivity index (χ3v) is 5.69. The van der Waals surface area contributed by atoms with Gasteiger partial charge < -0.3 is 5.11 Å². The molecule has 1 fully saturated rings. The lowest BCUT2D eigenvalue weighted by Crippen LogP contribution is -2.42. The quantitative estimate of drug-likeness (QED) is 0.926. The highest BCUT2D eigenvalue weighted by molar-refractivity contribution is 7.89. The summed E-state index contributed by atoms with van der Waals surface area (Å²) in [7, 11) is -2.25. The van der Waals surface area contributed by atoms with Gasteiger partial charge in [-0.25, -0.2) is 12.8 Å². The lowest BCUT2D eigenvalue weighted by molar-refractivity contribution is 0.0333. The lowest BCUT2D eigenvalue weighted by atomic mass is 10.0. The maximum atomic E-state index is 13.2. The van der Waals surface area contributed by atoms with E-state index in [-0.39, 0.29) is 11.4 Å². The van der Waals surface area contributed by atoms with Crippen molar-refractivity contribution in [3.05, 3.63) is 29.6 Å². The first-order valence-electron chi connectivity index (χ1n) is 6.69. The van der Waals surface area contributed by atoms with E-state index in [1.165, 1.54) is 26.1 Å². The fourth-order valence-electron chi connectivity index (χ4n) is 2.65. The molecule has 0 aliphatic heterocycles. The summed E-state index contributed by atoms with van der Waals surface area (Å²) in [4.78, 5) is 0.0560. The van der Waals surface area contributed by atoms with Crippen LogP contribution in [0.4, 0.5) is 4.39 Å². The smallest absolute Gasteiger partial charge is 0.242 e. The highest BCUT2D eigenvalue weighted by Crippen LogP contribution is 2.31. The van der Waals surface area contributed by atoms with E-state index in [0.29, 0.717) is 18.4 Å². The van der Waals surface area contributed by atoms with Crippen molar-refractivity contribution in [2.75, 3.05) is 13.6 Å². The SMILES string of the molecule is Cc1cc(S(=O)(=O)N(C)CC2(O)CCCC2)ccc1F. The third kappa shape index (κ3) is 3.02. The van der Waals surface area contributed by atoms with Crippen molar-refractivity contribution in [3.8, 4) is 0 Å². The fourth-order valence-corrected chi connectivity index (χ4v) is 3.98. The van der Waals surface area contributed by atoms with Crippen LogP contribution in [0.2, 0.25) is 0 Å². The van der Waals surface area contributed by atoms with Crippen molar-refractivity contribution in [1.29, 1.82) is 0 Å². The Kier molecular flexibility index (Phi) is 4.18. The molecule has 1 aliphatic carbocycles. The van der Waals surface area contributed by atoms with Gasteiger partial charge in [-0.05, 0) is 43.5 Å². The molecule has 0 unspecified atom stereocenters. The molecule has 0 heterocycles. The number of sulfonamides is 1. The summed E-state index contributed by atoms with van der Waals surface area (Å²) in [5.41, 5.74) is -0.643. The first-order valence-corrected chi connectivity index (χ1v) is 8.13. The van der Waals surface area contributed by atoms with Crippen LogP contribution in [-0.4, -0.2) is 37.0 Å². The van der Waals surface area contributed by atoms with E-state index < -0.39 is 21.4 Å². The van der Waals surface area contributed by atoms with E-state index in [1.807, 2.05) is 0 Å². The summed E-state index contributed by atoms with van der Waals surface area (Å²) in [6, 6.07) is 3.73. The van der Waals surface area contributed by atoms with Crippen molar-refractivity contribution in [3.63, 3.8) is 0 Å². The maximum Gasteiger partial charge on any atom is 0.242 e. The van der Waals surface area contributed by atoms with Gasteiger partial charge in [0.25, 0.3) is 0 Å². The van der Waals surface area contributed by atoms with Crippen LogP contribution in [0, 0.1) is 12.7 Å². The zero-order chi connectivity index (χ0) is 15.0. The largest absolute Gasteiger partial charge is 0.389 e. The second-order valence-electron chi connectivity index (χ2n) is 5.60. The minimum Gasteiger partial charge on any atom is -0.389 e. The van der Waals surface area contributed by atoms with Crippen LogP contribution < -0.4 is 0 Å². The number of aliphatic hydroxyl groups is 1. The number of halogens is 1. The summed E-state index contributed by atoms with van der Waals surface area (Å²) in [6.45, 7) is 1.60. The Morgan fingerprint density at radius 2 is 1.95 bits per heavy atom. The molecule has 4 nitrogen and oxygen atoms in total. The van der Waals surface area contributed by atoms with Gasteiger partial charge in [0.05, 0.1) is 10.5 Å². The van der Waals surface area contributed by atoms with Gasteiger partial charge in [0.15, 0.2) is 0 Å². The number of benzene rings is 1. The first-order chi connectivity index (χ1) is 9.24. The lowest BCUT2D eigenvalue weighted by Gasteiger charge is -2.28. The summed E-state index contributed by atoms with van der Waals surface area (Å²) in [5, 5.41) is 10.3. The topological polar surface area (TPSA) is 57.6 Å². The van der Waals surface area contributed by atoms with Crippen LogP contribution in [0.15, 0.2) is 23.1 Å². The van der Waals surface area contributed by atoms with Crippen molar-refractivity contribution in [2.24, 2.45) is 0 Å². The van der Waals surface area contributed by atoms with Gasteiger partial charge in [0.1, 0.15) is 5.82 Å². The Hall–Kier alpha value is -0.980. The molecule has 20 heavy (non-hydrogen) atoms. The standard InChI is InChI=1S/C14H20FNO3S/c1-11-9-12(5-6-13(11)15)20(18,19)16(2)10-14(17)7-3-4-8-14/h5-6,9,17H,3-4,7-8,10H2,1-2H3. The van der Waals surface area contributed by atoms with Crippen LogP contribution in [0.5, 0.6) is 0 Å². The molecule has 1 aromatic carbocycles. The fraction of sp³-hybridized carbons (Fsp3) is 0.571. The Balaban J connectivity index is 2.22. The van der Waals surface area contributed by atoms with Gasteiger partial charge >= 0.3 is 0 Å². The molecule has 1 N–H and O–H groups in total. The van der Waals surface area contributed by atoms with Gasteiger partial charge in [-0.2, -0.15) is 4.31 Å². The summed E-state index contributed by atoms with van der Waals surface area (Å²) in [5.74, 6) is -0.430.